The molecule has 0 spiro atoms. The van der Waals surface area contributed by atoms with Crippen LogP contribution >= 0.6 is 0 Å². The Labute approximate surface area is 180 Å². The molecule has 148 valence electrons. The summed E-state index contributed by atoms with van der Waals surface area (Å²) in [5.74, 6) is 2.00. The van der Waals surface area contributed by atoms with Crippen LogP contribution in [0.3, 0.4) is 0 Å². The van der Waals surface area contributed by atoms with Crippen molar-refractivity contribution in [3.8, 4) is 45.0 Å². The molecule has 0 aliphatic heterocycles. The van der Waals surface area contributed by atoms with Gasteiger partial charge in [0, 0.05) is 35.9 Å². The number of rotatable bonds is 4. The first-order chi connectivity index (χ1) is 15.3. The number of pyridine rings is 2. The van der Waals surface area contributed by atoms with Crippen LogP contribution in [0.1, 0.15) is 5.82 Å². The summed E-state index contributed by atoms with van der Waals surface area (Å²) < 4.78 is 0. The second kappa shape index (κ2) is 8.24. The predicted octanol–water partition coefficient (Wildman–Crippen LogP) is 5.64. The van der Waals surface area contributed by atoms with E-state index in [1.165, 1.54) is 0 Å². The van der Waals surface area contributed by atoms with Gasteiger partial charge in [-0.05, 0) is 65.6 Å². The van der Waals surface area contributed by atoms with E-state index in [-0.39, 0.29) is 0 Å². The molecule has 0 aliphatic rings. The summed E-state index contributed by atoms with van der Waals surface area (Å²) >= 11 is 0. The van der Waals surface area contributed by atoms with E-state index in [1.54, 1.807) is 24.8 Å². The Hall–Kier alpha value is -4.25. The monoisotopic (exact) mass is 401 g/mol. The van der Waals surface area contributed by atoms with Crippen molar-refractivity contribution < 1.29 is 0 Å². The molecule has 0 bridgehead atoms. The Morgan fingerprint density at radius 1 is 0.452 bits per heavy atom. The van der Waals surface area contributed by atoms with Crippen molar-refractivity contribution in [2.45, 2.75) is 6.92 Å². The van der Waals surface area contributed by atoms with Crippen LogP contribution in [0.2, 0.25) is 0 Å². The van der Waals surface area contributed by atoms with Crippen molar-refractivity contribution >= 4 is 0 Å². The predicted molar refractivity (Wildman–Crippen MR) is 122 cm³/mol. The zero-order valence-electron chi connectivity index (χ0n) is 17.0. The fraction of sp³-hybridized carbons (Fsp3) is 0.0385. The Bertz CT molecular complexity index is 1230. The van der Waals surface area contributed by atoms with Gasteiger partial charge in [-0.2, -0.15) is 0 Å². The third-order valence-corrected chi connectivity index (χ3v) is 5.02. The molecule has 2 aromatic carbocycles. The maximum atomic E-state index is 4.80. The van der Waals surface area contributed by atoms with E-state index in [4.69, 9.17) is 4.98 Å². The summed E-state index contributed by atoms with van der Waals surface area (Å²) in [6, 6.07) is 24.4. The van der Waals surface area contributed by atoms with E-state index in [0.717, 1.165) is 33.4 Å². The zero-order chi connectivity index (χ0) is 21.0. The summed E-state index contributed by atoms with van der Waals surface area (Å²) in [7, 11) is 0. The highest BCUT2D eigenvalue weighted by atomic mass is 15.0. The molecule has 5 heteroatoms. The van der Waals surface area contributed by atoms with Gasteiger partial charge in [0.2, 0.25) is 0 Å². The summed E-state index contributed by atoms with van der Waals surface area (Å²) in [5, 5.41) is 0. The average molecular weight is 401 g/mol. The van der Waals surface area contributed by atoms with Gasteiger partial charge in [0.1, 0.15) is 5.82 Å². The first kappa shape index (κ1) is 18.8. The number of aryl methyl sites for hydroxylation is 1. The van der Waals surface area contributed by atoms with E-state index in [0.29, 0.717) is 17.5 Å². The number of aromatic nitrogens is 5. The van der Waals surface area contributed by atoms with Gasteiger partial charge in [0.25, 0.3) is 0 Å². The number of hydrogen-bond acceptors (Lipinski definition) is 5. The van der Waals surface area contributed by atoms with E-state index in [1.807, 2.05) is 55.5 Å². The lowest BCUT2D eigenvalue weighted by Gasteiger charge is -2.09. The molecule has 3 aromatic heterocycles. The SMILES string of the molecule is Cc1nc(-c2cccc(-c3ccncc3)c2)nc(-c2cccc(-c3ccncc3)c2)n1. The molecule has 0 amide bonds. The third kappa shape index (κ3) is 4.07. The molecule has 0 saturated carbocycles. The van der Waals surface area contributed by atoms with Crippen molar-refractivity contribution in [1.29, 1.82) is 0 Å². The van der Waals surface area contributed by atoms with E-state index < -0.39 is 0 Å². The topological polar surface area (TPSA) is 64.5 Å². The van der Waals surface area contributed by atoms with Gasteiger partial charge in [-0.3, -0.25) is 9.97 Å². The van der Waals surface area contributed by atoms with Crippen LogP contribution < -0.4 is 0 Å². The minimum absolute atomic E-state index is 0.660. The molecule has 31 heavy (non-hydrogen) atoms. The molecule has 0 aliphatic carbocycles. The highest BCUT2D eigenvalue weighted by molar-refractivity contribution is 5.72. The average Bonchev–Trinajstić information content (AvgIpc) is 2.85. The minimum Gasteiger partial charge on any atom is -0.265 e. The van der Waals surface area contributed by atoms with E-state index in [9.17, 15) is 0 Å². The van der Waals surface area contributed by atoms with Crippen LogP contribution in [0.5, 0.6) is 0 Å². The van der Waals surface area contributed by atoms with Gasteiger partial charge in [0.15, 0.2) is 11.6 Å². The largest absolute Gasteiger partial charge is 0.265 e. The van der Waals surface area contributed by atoms with Gasteiger partial charge in [-0.15, -0.1) is 0 Å². The zero-order valence-corrected chi connectivity index (χ0v) is 17.0. The maximum absolute atomic E-state index is 4.80. The van der Waals surface area contributed by atoms with Crippen molar-refractivity contribution in [2.75, 3.05) is 0 Å². The first-order valence-electron chi connectivity index (χ1n) is 10.0. The van der Waals surface area contributed by atoms with Crippen LogP contribution in [0.4, 0.5) is 0 Å². The van der Waals surface area contributed by atoms with Crippen molar-refractivity contribution in [3.05, 3.63) is 103 Å². The van der Waals surface area contributed by atoms with E-state index in [2.05, 4.69) is 44.2 Å². The number of nitrogens with zero attached hydrogens (tertiary/aromatic N) is 5. The Morgan fingerprint density at radius 3 is 1.32 bits per heavy atom. The van der Waals surface area contributed by atoms with Crippen LogP contribution in [-0.2, 0) is 0 Å². The van der Waals surface area contributed by atoms with Gasteiger partial charge >= 0.3 is 0 Å². The third-order valence-electron chi connectivity index (χ3n) is 5.02. The molecule has 0 N–H and O–H groups in total. The van der Waals surface area contributed by atoms with Gasteiger partial charge < -0.3 is 0 Å². The number of hydrogen-bond donors (Lipinski definition) is 0. The Morgan fingerprint density at radius 2 is 0.871 bits per heavy atom. The Kier molecular flexibility index (Phi) is 4.99. The van der Waals surface area contributed by atoms with Crippen molar-refractivity contribution in [3.63, 3.8) is 0 Å². The molecule has 0 fully saturated rings. The fourth-order valence-corrected chi connectivity index (χ4v) is 3.50. The molecular weight excluding hydrogens is 382 g/mol. The van der Waals surface area contributed by atoms with E-state index >= 15 is 0 Å². The maximum Gasteiger partial charge on any atom is 0.163 e. The summed E-state index contributed by atoms with van der Waals surface area (Å²) in [5.41, 5.74) is 6.30. The second-order valence-electron chi connectivity index (χ2n) is 7.16. The second-order valence-corrected chi connectivity index (χ2v) is 7.16. The molecule has 5 aromatic rings. The molecule has 5 rings (SSSR count). The quantitative estimate of drug-likeness (QED) is 0.390. The lowest BCUT2D eigenvalue weighted by Crippen LogP contribution is -1.99. The molecule has 0 saturated heterocycles. The van der Waals surface area contributed by atoms with Crippen molar-refractivity contribution in [2.24, 2.45) is 0 Å². The fourth-order valence-electron chi connectivity index (χ4n) is 3.50. The highest BCUT2D eigenvalue weighted by Crippen LogP contribution is 2.27. The number of benzene rings is 2. The van der Waals surface area contributed by atoms with Crippen LogP contribution in [0.25, 0.3) is 45.0 Å². The molecular formula is C26H19N5. The Balaban J connectivity index is 1.56. The molecule has 0 radical (unpaired) electrons. The standard InChI is InChI=1S/C26H19N5/c1-18-29-25(23-6-2-4-21(16-23)19-8-12-27-13-9-19)31-26(30-18)24-7-3-5-22(17-24)20-10-14-28-15-11-20/h2-17H,1H3. The molecule has 0 unspecified atom stereocenters. The molecule has 0 atom stereocenters. The van der Waals surface area contributed by atoms with Crippen LogP contribution in [0.15, 0.2) is 97.6 Å². The lowest BCUT2D eigenvalue weighted by molar-refractivity contribution is 0.992. The smallest absolute Gasteiger partial charge is 0.163 e. The van der Waals surface area contributed by atoms with Gasteiger partial charge in [0.05, 0.1) is 0 Å². The highest BCUT2D eigenvalue weighted by Gasteiger charge is 2.10. The van der Waals surface area contributed by atoms with Gasteiger partial charge in [-0.1, -0.05) is 36.4 Å². The summed E-state index contributed by atoms with van der Waals surface area (Å²) in [4.78, 5) is 22.2. The lowest BCUT2D eigenvalue weighted by atomic mass is 10.0. The molecule has 3 heterocycles. The van der Waals surface area contributed by atoms with Crippen LogP contribution in [-0.4, -0.2) is 24.9 Å². The van der Waals surface area contributed by atoms with Gasteiger partial charge in [-0.25, -0.2) is 15.0 Å². The molecule has 5 nitrogen and oxygen atoms in total. The summed E-state index contributed by atoms with van der Waals surface area (Å²) in [6.07, 6.45) is 7.18. The summed E-state index contributed by atoms with van der Waals surface area (Å²) in [6.45, 7) is 1.90. The first-order valence-corrected chi connectivity index (χ1v) is 10.0. The minimum atomic E-state index is 0.660. The normalized spacial score (nSPS) is 10.7. The van der Waals surface area contributed by atoms with Crippen LogP contribution in [0, 0.1) is 6.92 Å². The van der Waals surface area contributed by atoms with Crippen molar-refractivity contribution in [1.82, 2.24) is 24.9 Å².